The topological polar surface area (TPSA) is 18.5 Å². The monoisotopic (exact) mass is 400 g/mol. The SMILES string of the molecule is CCCc1ccc(CCC2COC(c3cc(F)c(F)c(F)c3)OC2)c(F)c1F. The molecule has 1 fully saturated rings. The lowest BCUT2D eigenvalue weighted by Crippen LogP contribution is -2.27. The van der Waals surface area contributed by atoms with Crippen molar-refractivity contribution in [1.82, 2.24) is 0 Å². The van der Waals surface area contributed by atoms with Gasteiger partial charge in [0.25, 0.3) is 0 Å². The molecule has 1 aliphatic heterocycles. The molecule has 2 aromatic rings. The first-order chi connectivity index (χ1) is 13.4. The Balaban J connectivity index is 1.56. The molecule has 2 nitrogen and oxygen atoms in total. The quantitative estimate of drug-likeness (QED) is 0.462. The van der Waals surface area contributed by atoms with Crippen molar-refractivity contribution in [3.8, 4) is 0 Å². The first-order valence-electron chi connectivity index (χ1n) is 9.24. The smallest absolute Gasteiger partial charge is 0.194 e. The summed E-state index contributed by atoms with van der Waals surface area (Å²) in [5.74, 6) is -5.86. The van der Waals surface area contributed by atoms with Crippen LogP contribution in [0.25, 0.3) is 0 Å². The lowest BCUT2D eigenvalue weighted by molar-refractivity contribution is -0.206. The predicted octanol–water partition coefficient (Wildman–Crippen LogP) is 5.63. The van der Waals surface area contributed by atoms with E-state index in [4.69, 9.17) is 9.47 Å². The third-order valence-corrected chi connectivity index (χ3v) is 4.83. The Hall–Kier alpha value is -1.99. The first kappa shape index (κ1) is 20.7. The van der Waals surface area contributed by atoms with Crippen LogP contribution in [0.3, 0.4) is 0 Å². The molecular weight excluding hydrogens is 379 g/mol. The fraction of sp³-hybridized carbons (Fsp3) is 0.429. The third-order valence-electron chi connectivity index (χ3n) is 4.83. The number of aryl methyl sites for hydroxylation is 2. The molecule has 0 unspecified atom stereocenters. The van der Waals surface area contributed by atoms with Gasteiger partial charge >= 0.3 is 0 Å². The van der Waals surface area contributed by atoms with Crippen LogP contribution in [0.4, 0.5) is 22.0 Å². The normalized spacial score (nSPS) is 19.8. The highest BCUT2D eigenvalue weighted by molar-refractivity contribution is 5.27. The first-order valence-corrected chi connectivity index (χ1v) is 9.24. The minimum absolute atomic E-state index is 0.0504. The van der Waals surface area contributed by atoms with E-state index in [2.05, 4.69) is 0 Å². The molecule has 0 atom stereocenters. The maximum absolute atomic E-state index is 14.2. The van der Waals surface area contributed by atoms with Gasteiger partial charge in [-0.25, -0.2) is 22.0 Å². The van der Waals surface area contributed by atoms with Gasteiger partial charge < -0.3 is 9.47 Å². The molecule has 0 bridgehead atoms. The lowest BCUT2D eigenvalue weighted by atomic mass is 9.98. The van der Waals surface area contributed by atoms with E-state index < -0.39 is 35.4 Å². The molecule has 0 radical (unpaired) electrons. The van der Waals surface area contributed by atoms with E-state index in [1.165, 1.54) is 0 Å². The molecule has 0 saturated carbocycles. The van der Waals surface area contributed by atoms with Crippen molar-refractivity contribution >= 4 is 0 Å². The number of hydrogen-bond donors (Lipinski definition) is 0. The molecule has 1 saturated heterocycles. The second kappa shape index (κ2) is 9.01. The predicted molar refractivity (Wildman–Crippen MR) is 93.1 cm³/mol. The average Bonchev–Trinajstić information content (AvgIpc) is 2.69. The largest absolute Gasteiger partial charge is 0.348 e. The van der Waals surface area contributed by atoms with Crippen molar-refractivity contribution in [3.63, 3.8) is 0 Å². The van der Waals surface area contributed by atoms with Crippen LogP contribution in [-0.4, -0.2) is 13.2 Å². The highest BCUT2D eigenvalue weighted by Crippen LogP contribution is 2.29. The summed E-state index contributed by atoms with van der Waals surface area (Å²) >= 11 is 0. The molecule has 0 aliphatic carbocycles. The van der Waals surface area contributed by atoms with E-state index in [-0.39, 0.29) is 24.7 Å². The summed E-state index contributed by atoms with van der Waals surface area (Å²) in [4.78, 5) is 0. The fourth-order valence-electron chi connectivity index (χ4n) is 3.26. The Morgan fingerprint density at radius 2 is 1.36 bits per heavy atom. The highest BCUT2D eigenvalue weighted by Gasteiger charge is 2.26. The number of hydrogen-bond acceptors (Lipinski definition) is 2. The van der Waals surface area contributed by atoms with Crippen LogP contribution in [0.5, 0.6) is 0 Å². The lowest BCUT2D eigenvalue weighted by Gasteiger charge is -2.29. The fourth-order valence-corrected chi connectivity index (χ4v) is 3.26. The van der Waals surface area contributed by atoms with Crippen molar-refractivity contribution in [2.45, 2.75) is 38.9 Å². The van der Waals surface area contributed by atoms with E-state index >= 15 is 0 Å². The van der Waals surface area contributed by atoms with E-state index in [9.17, 15) is 22.0 Å². The maximum atomic E-state index is 14.2. The van der Waals surface area contributed by atoms with Gasteiger partial charge in [0, 0.05) is 11.5 Å². The third kappa shape index (κ3) is 4.52. The molecular formula is C21H21F5O2. The Kier molecular flexibility index (Phi) is 6.67. The van der Waals surface area contributed by atoms with Crippen LogP contribution in [0.1, 0.15) is 42.7 Å². The van der Waals surface area contributed by atoms with Gasteiger partial charge in [-0.05, 0) is 42.5 Å². The van der Waals surface area contributed by atoms with Crippen molar-refractivity contribution in [2.24, 2.45) is 5.92 Å². The molecule has 28 heavy (non-hydrogen) atoms. The average molecular weight is 400 g/mol. The van der Waals surface area contributed by atoms with Crippen molar-refractivity contribution in [1.29, 1.82) is 0 Å². The number of halogens is 5. The van der Waals surface area contributed by atoms with Crippen molar-refractivity contribution in [3.05, 3.63) is 70.0 Å². The van der Waals surface area contributed by atoms with Crippen LogP contribution in [0.15, 0.2) is 24.3 Å². The van der Waals surface area contributed by atoms with Gasteiger partial charge in [-0.2, -0.15) is 0 Å². The summed E-state index contributed by atoms with van der Waals surface area (Å²) in [6, 6.07) is 4.87. The Bertz CT molecular complexity index is 809. The summed E-state index contributed by atoms with van der Waals surface area (Å²) in [6.07, 6.45) is 1.04. The highest BCUT2D eigenvalue weighted by atomic mass is 19.2. The molecule has 3 rings (SSSR count). The number of ether oxygens (including phenoxy) is 2. The van der Waals surface area contributed by atoms with E-state index in [0.717, 1.165) is 18.6 Å². The molecule has 0 aromatic heterocycles. The van der Waals surface area contributed by atoms with Crippen LogP contribution in [0.2, 0.25) is 0 Å². The van der Waals surface area contributed by atoms with Crippen LogP contribution in [0, 0.1) is 35.0 Å². The summed E-state index contributed by atoms with van der Waals surface area (Å²) < 4.78 is 78.9. The van der Waals surface area contributed by atoms with Crippen LogP contribution in [-0.2, 0) is 22.3 Å². The van der Waals surface area contributed by atoms with Gasteiger partial charge in [-0.1, -0.05) is 25.5 Å². The minimum Gasteiger partial charge on any atom is -0.348 e. The van der Waals surface area contributed by atoms with E-state index in [0.29, 0.717) is 30.4 Å². The van der Waals surface area contributed by atoms with Gasteiger partial charge in [0.1, 0.15) is 0 Å². The molecule has 0 spiro atoms. The molecule has 1 aliphatic rings. The summed E-state index contributed by atoms with van der Waals surface area (Å²) in [5, 5.41) is 0. The molecule has 0 N–H and O–H groups in total. The summed E-state index contributed by atoms with van der Waals surface area (Å²) in [7, 11) is 0. The molecule has 7 heteroatoms. The Morgan fingerprint density at radius 3 is 1.89 bits per heavy atom. The Morgan fingerprint density at radius 1 is 0.821 bits per heavy atom. The summed E-state index contributed by atoms with van der Waals surface area (Å²) in [5.41, 5.74) is 0.714. The van der Waals surface area contributed by atoms with Gasteiger partial charge in [0.2, 0.25) is 0 Å². The molecule has 1 heterocycles. The second-order valence-corrected chi connectivity index (χ2v) is 6.96. The standard InChI is InChI=1S/C21H21F5O2/c1-2-3-13-6-7-14(19(25)18(13)24)5-4-12-10-27-21(28-11-12)15-8-16(22)20(26)17(23)9-15/h6-9,12,21H,2-5,10-11H2,1H3. The second-order valence-electron chi connectivity index (χ2n) is 6.96. The van der Waals surface area contributed by atoms with Gasteiger partial charge in [0.05, 0.1) is 13.2 Å². The van der Waals surface area contributed by atoms with E-state index in [1.807, 2.05) is 6.92 Å². The van der Waals surface area contributed by atoms with Crippen molar-refractivity contribution < 1.29 is 31.4 Å². The van der Waals surface area contributed by atoms with E-state index in [1.54, 1.807) is 12.1 Å². The number of rotatable bonds is 6. The zero-order valence-corrected chi connectivity index (χ0v) is 15.4. The zero-order chi connectivity index (χ0) is 20.3. The minimum atomic E-state index is -1.54. The Labute approximate surface area is 160 Å². The molecule has 0 amide bonds. The number of benzene rings is 2. The van der Waals surface area contributed by atoms with Crippen LogP contribution >= 0.6 is 0 Å². The van der Waals surface area contributed by atoms with Crippen LogP contribution < -0.4 is 0 Å². The van der Waals surface area contributed by atoms with Gasteiger partial charge in [0.15, 0.2) is 35.4 Å². The molecule has 152 valence electrons. The van der Waals surface area contributed by atoms with Crippen molar-refractivity contribution in [2.75, 3.05) is 13.2 Å². The molecule has 2 aromatic carbocycles. The zero-order valence-electron chi connectivity index (χ0n) is 15.4. The maximum Gasteiger partial charge on any atom is 0.194 e. The van der Waals surface area contributed by atoms with Gasteiger partial charge in [-0.3, -0.25) is 0 Å². The van der Waals surface area contributed by atoms with Gasteiger partial charge in [-0.15, -0.1) is 0 Å². The summed E-state index contributed by atoms with van der Waals surface area (Å²) in [6.45, 7) is 2.35.